The van der Waals surface area contributed by atoms with Gasteiger partial charge in [0.1, 0.15) is 0 Å². The highest BCUT2D eigenvalue weighted by molar-refractivity contribution is 5.94. The fraction of sp³-hybridized carbons (Fsp3) is 0.333. The van der Waals surface area contributed by atoms with Crippen molar-refractivity contribution in [2.24, 2.45) is 5.92 Å². The Labute approximate surface area is 112 Å². The molecule has 0 bridgehead atoms. The lowest BCUT2D eigenvalue weighted by atomic mass is 10.2. The molecule has 100 valence electrons. The van der Waals surface area contributed by atoms with Crippen LogP contribution in [0.2, 0.25) is 0 Å². The first kappa shape index (κ1) is 13.3. The average Bonchev–Trinajstić information content (AvgIpc) is 3.22. The number of anilines is 1. The van der Waals surface area contributed by atoms with E-state index in [2.05, 4.69) is 5.32 Å². The fourth-order valence-corrected chi connectivity index (χ4v) is 1.62. The van der Waals surface area contributed by atoms with Gasteiger partial charge in [0.15, 0.2) is 0 Å². The summed E-state index contributed by atoms with van der Waals surface area (Å²) in [5.41, 5.74) is 1.67. The van der Waals surface area contributed by atoms with Gasteiger partial charge in [-0.1, -0.05) is 12.1 Å². The van der Waals surface area contributed by atoms with Crippen molar-refractivity contribution in [3.05, 3.63) is 35.9 Å². The van der Waals surface area contributed by atoms with E-state index in [1.54, 1.807) is 13.0 Å². The summed E-state index contributed by atoms with van der Waals surface area (Å²) in [6.45, 7) is 2.14. The summed E-state index contributed by atoms with van der Waals surface area (Å²) >= 11 is 0. The zero-order chi connectivity index (χ0) is 13.7. The van der Waals surface area contributed by atoms with Crippen LogP contribution in [0.25, 0.3) is 6.08 Å². The monoisotopic (exact) mass is 259 g/mol. The number of hydrogen-bond acceptors (Lipinski definition) is 3. The molecule has 0 heterocycles. The van der Waals surface area contributed by atoms with Crippen molar-refractivity contribution in [2.45, 2.75) is 19.8 Å². The Kier molecular flexibility index (Phi) is 4.34. The van der Waals surface area contributed by atoms with Crippen molar-refractivity contribution < 1.29 is 14.3 Å². The topological polar surface area (TPSA) is 55.4 Å². The van der Waals surface area contributed by atoms with Crippen LogP contribution in [-0.2, 0) is 14.3 Å². The Balaban J connectivity index is 1.90. The van der Waals surface area contributed by atoms with Gasteiger partial charge in [0, 0.05) is 17.7 Å². The van der Waals surface area contributed by atoms with Crippen LogP contribution >= 0.6 is 0 Å². The van der Waals surface area contributed by atoms with E-state index in [0.717, 1.165) is 24.1 Å². The summed E-state index contributed by atoms with van der Waals surface area (Å²) in [5, 5.41) is 2.86. The summed E-state index contributed by atoms with van der Waals surface area (Å²) < 4.78 is 4.79. The molecule has 1 amide bonds. The predicted octanol–water partition coefficient (Wildman–Crippen LogP) is 2.61. The highest BCUT2D eigenvalue weighted by Crippen LogP contribution is 2.30. The molecular formula is C15H17NO3. The van der Waals surface area contributed by atoms with Gasteiger partial charge in [-0.15, -0.1) is 0 Å². The molecule has 0 aliphatic heterocycles. The van der Waals surface area contributed by atoms with Gasteiger partial charge in [-0.2, -0.15) is 0 Å². The first-order valence-corrected chi connectivity index (χ1v) is 6.45. The third-order valence-electron chi connectivity index (χ3n) is 2.82. The second kappa shape index (κ2) is 6.18. The lowest BCUT2D eigenvalue weighted by Crippen LogP contribution is -2.12. The molecule has 1 aliphatic carbocycles. The molecule has 1 saturated carbocycles. The zero-order valence-corrected chi connectivity index (χ0v) is 10.9. The van der Waals surface area contributed by atoms with E-state index in [9.17, 15) is 9.59 Å². The Morgan fingerprint density at radius 3 is 2.58 bits per heavy atom. The van der Waals surface area contributed by atoms with E-state index in [1.165, 1.54) is 6.08 Å². The number of benzene rings is 1. The number of hydrogen-bond donors (Lipinski definition) is 1. The third kappa shape index (κ3) is 4.25. The van der Waals surface area contributed by atoms with Gasteiger partial charge >= 0.3 is 5.97 Å². The molecule has 1 fully saturated rings. The van der Waals surface area contributed by atoms with Crippen molar-refractivity contribution in [2.75, 3.05) is 11.9 Å². The van der Waals surface area contributed by atoms with Gasteiger partial charge in [0.25, 0.3) is 0 Å². The van der Waals surface area contributed by atoms with Crippen LogP contribution in [-0.4, -0.2) is 18.5 Å². The molecule has 0 radical (unpaired) electrons. The molecule has 0 unspecified atom stereocenters. The van der Waals surface area contributed by atoms with Crippen LogP contribution in [0.4, 0.5) is 5.69 Å². The van der Waals surface area contributed by atoms with Crippen LogP contribution in [0, 0.1) is 5.92 Å². The average molecular weight is 259 g/mol. The first-order chi connectivity index (χ1) is 9.19. The van der Waals surface area contributed by atoms with E-state index >= 15 is 0 Å². The molecule has 4 heteroatoms. The molecule has 1 N–H and O–H groups in total. The first-order valence-electron chi connectivity index (χ1n) is 6.45. The molecular weight excluding hydrogens is 242 g/mol. The van der Waals surface area contributed by atoms with Crippen LogP contribution in [0.5, 0.6) is 0 Å². The number of esters is 1. The Hall–Kier alpha value is -2.10. The summed E-state index contributed by atoms with van der Waals surface area (Å²) in [6, 6.07) is 7.34. The van der Waals surface area contributed by atoms with E-state index in [4.69, 9.17) is 4.74 Å². The van der Waals surface area contributed by atoms with Gasteiger partial charge in [-0.25, -0.2) is 4.79 Å². The number of amides is 1. The quantitative estimate of drug-likeness (QED) is 0.653. The van der Waals surface area contributed by atoms with Crippen molar-refractivity contribution in [3.63, 3.8) is 0 Å². The molecule has 0 spiro atoms. The molecule has 1 aliphatic rings. The molecule has 4 nitrogen and oxygen atoms in total. The molecule has 0 saturated heterocycles. The smallest absolute Gasteiger partial charge is 0.330 e. The van der Waals surface area contributed by atoms with E-state index < -0.39 is 0 Å². The summed E-state index contributed by atoms with van der Waals surface area (Å²) in [5.74, 6) is -0.0631. The second-order valence-electron chi connectivity index (χ2n) is 4.47. The molecule has 0 aromatic heterocycles. The van der Waals surface area contributed by atoms with Crippen molar-refractivity contribution in [1.29, 1.82) is 0 Å². The van der Waals surface area contributed by atoms with Gasteiger partial charge in [-0.05, 0) is 43.5 Å². The van der Waals surface area contributed by atoms with Gasteiger partial charge in [0.05, 0.1) is 6.61 Å². The normalized spacial score (nSPS) is 14.4. The van der Waals surface area contributed by atoms with Crippen LogP contribution in [0.15, 0.2) is 30.3 Å². The standard InChI is InChI=1S/C15H17NO3/c1-2-19-14(17)10-5-11-3-8-13(9-4-11)16-15(18)12-6-7-12/h3-5,8-10,12H,2,6-7H2,1H3,(H,16,18). The molecule has 1 aromatic rings. The highest BCUT2D eigenvalue weighted by atomic mass is 16.5. The van der Waals surface area contributed by atoms with E-state index in [-0.39, 0.29) is 17.8 Å². The van der Waals surface area contributed by atoms with Gasteiger partial charge < -0.3 is 10.1 Å². The maximum absolute atomic E-state index is 11.6. The summed E-state index contributed by atoms with van der Waals surface area (Å²) in [7, 11) is 0. The van der Waals surface area contributed by atoms with E-state index in [1.807, 2.05) is 24.3 Å². The molecule has 2 rings (SSSR count). The Bertz CT molecular complexity index is 487. The largest absolute Gasteiger partial charge is 0.463 e. The SMILES string of the molecule is CCOC(=O)C=Cc1ccc(NC(=O)C2CC2)cc1. The second-order valence-corrected chi connectivity index (χ2v) is 4.47. The number of nitrogens with one attached hydrogen (secondary N) is 1. The number of carbonyl (C=O) groups excluding carboxylic acids is 2. The number of carbonyl (C=O) groups is 2. The highest BCUT2D eigenvalue weighted by Gasteiger charge is 2.29. The minimum Gasteiger partial charge on any atom is -0.463 e. The summed E-state index contributed by atoms with van der Waals surface area (Å²) in [4.78, 5) is 22.7. The van der Waals surface area contributed by atoms with Gasteiger partial charge in [-0.3, -0.25) is 4.79 Å². The zero-order valence-electron chi connectivity index (χ0n) is 10.9. The molecule has 1 aromatic carbocycles. The number of ether oxygens (including phenoxy) is 1. The minimum atomic E-state index is -0.353. The predicted molar refractivity (Wildman–Crippen MR) is 73.5 cm³/mol. The fourth-order valence-electron chi connectivity index (χ4n) is 1.62. The maximum atomic E-state index is 11.6. The third-order valence-corrected chi connectivity index (χ3v) is 2.82. The van der Waals surface area contributed by atoms with E-state index in [0.29, 0.717) is 6.61 Å². The number of rotatable bonds is 5. The van der Waals surface area contributed by atoms with Crippen LogP contribution < -0.4 is 5.32 Å². The lowest BCUT2D eigenvalue weighted by molar-refractivity contribution is -0.137. The Morgan fingerprint density at radius 2 is 2.00 bits per heavy atom. The van der Waals surface area contributed by atoms with Crippen molar-refractivity contribution in [3.8, 4) is 0 Å². The lowest BCUT2D eigenvalue weighted by Gasteiger charge is -2.04. The van der Waals surface area contributed by atoms with Crippen molar-refractivity contribution >= 4 is 23.6 Å². The Morgan fingerprint density at radius 1 is 1.32 bits per heavy atom. The van der Waals surface area contributed by atoms with Crippen molar-refractivity contribution in [1.82, 2.24) is 0 Å². The van der Waals surface area contributed by atoms with Gasteiger partial charge in [0.2, 0.25) is 5.91 Å². The maximum Gasteiger partial charge on any atom is 0.330 e. The van der Waals surface area contributed by atoms with Crippen LogP contribution in [0.3, 0.4) is 0 Å². The van der Waals surface area contributed by atoms with Crippen LogP contribution in [0.1, 0.15) is 25.3 Å². The molecule has 0 atom stereocenters. The summed E-state index contributed by atoms with van der Waals surface area (Å²) in [6.07, 6.45) is 5.06. The molecule has 19 heavy (non-hydrogen) atoms. The minimum absolute atomic E-state index is 0.0924.